The lowest BCUT2D eigenvalue weighted by atomic mass is 10.2. The second-order valence-electron chi connectivity index (χ2n) is 5.26. The van der Waals surface area contributed by atoms with Crippen LogP contribution in [-0.2, 0) is 6.54 Å². The first-order valence-electron chi connectivity index (χ1n) is 7.80. The summed E-state index contributed by atoms with van der Waals surface area (Å²) in [6.07, 6.45) is 7.07. The summed E-state index contributed by atoms with van der Waals surface area (Å²) in [5, 5.41) is 9.61. The number of hydrogen-bond acceptors (Lipinski definition) is 4. The Labute approximate surface area is 144 Å². The zero-order chi connectivity index (χ0) is 18.4. The highest BCUT2D eigenvalue weighted by Crippen LogP contribution is 2.16. The quantitative estimate of drug-likeness (QED) is 0.816. The van der Waals surface area contributed by atoms with Crippen molar-refractivity contribution in [2.45, 2.75) is 20.4 Å². The Morgan fingerprint density at radius 3 is 2.48 bits per heavy atom. The zero-order valence-electron chi connectivity index (χ0n) is 14.1. The van der Waals surface area contributed by atoms with Gasteiger partial charge in [0.2, 0.25) is 5.43 Å². The van der Waals surface area contributed by atoms with Gasteiger partial charge in [-0.15, -0.1) is 0 Å². The second-order valence-corrected chi connectivity index (χ2v) is 5.26. The third-order valence-electron chi connectivity index (χ3n) is 3.62. The molecule has 0 spiro atoms. The molecule has 0 amide bonds. The molecule has 6 nitrogen and oxygen atoms in total. The Hall–Kier alpha value is -3.15. The number of fused-ring (bicyclic) bond motifs is 1. The normalized spacial score (nSPS) is 11.4. The smallest absolute Gasteiger partial charge is 0.352 e. The Morgan fingerprint density at radius 2 is 1.84 bits per heavy atom. The minimum Gasteiger partial charge on any atom is -0.485 e. The van der Waals surface area contributed by atoms with Crippen molar-refractivity contribution in [2.24, 2.45) is 0 Å². The predicted molar refractivity (Wildman–Crippen MR) is 96.6 cm³/mol. The van der Waals surface area contributed by atoms with Crippen LogP contribution in [0.1, 0.15) is 24.3 Å². The van der Waals surface area contributed by atoms with Gasteiger partial charge in [-0.3, -0.25) is 9.59 Å². The highest BCUT2D eigenvalue weighted by molar-refractivity contribution is 5.90. The number of pyridine rings is 1. The topological polar surface area (TPSA) is 85.6 Å². The van der Waals surface area contributed by atoms with Crippen molar-refractivity contribution in [3.63, 3.8) is 0 Å². The summed E-state index contributed by atoms with van der Waals surface area (Å²) in [7, 11) is 0. The molecule has 0 saturated carbocycles. The van der Waals surface area contributed by atoms with E-state index in [0.29, 0.717) is 5.52 Å². The van der Waals surface area contributed by atoms with E-state index >= 15 is 0 Å². The molecule has 0 bridgehead atoms. The predicted octanol–water partition coefficient (Wildman–Crippen LogP) is 2.59. The number of allylic oxidation sites excluding steroid dienone is 3. The fourth-order valence-corrected chi connectivity index (χ4v) is 2.38. The van der Waals surface area contributed by atoms with E-state index in [1.54, 1.807) is 24.3 Å². The first-order valence-corrected chi connectivity index (χ1v) is 7.80. The molecule has 0 fully saturated rings. The van der Waals surface area contributed by atoms with Crippen molar-refractivity contribution in [1.82, 2.24) is 4.57 Å². The average molecular weight is 341 g/mol. The molecular formula is C19H19NO5. The fraction of sp³-hybridized carbons (Fsp3) is 0.211. The van der Waals surface area contributed by atoms with Gasteiger partial charge in [-0.1, -0.05) is 24.3 Å². The van der Waals surface area contributed by atoms with Crippen molar-refractivity contribution >= 4 is 16.9 Å². The molecular weight excluding hydrogens is 322 g/mol. The monoisotopic (exact) mass is 341 g/mol. The molecule has 2 rings (SSSR count). The fourth-order valence-electron chi connectivity index (χ4n) is 2.38. The maximum absolute atomic E-state index is 12.4. The Balaban J connectivity index is 2.80. The van der Waals surface area contributed by atoms with Crippen LogP contribution >= 0.6 is 0 Å². The van der Waals surface area contributed by atoms with Crippen LogP contribution in [0.25, 0.3) is 10.9 Å². The van der Waals surface area contributed by atoms with E-state index < -0.39 is 11.4 Å². The first-order chi connectivity index (χ1) is 12.0. The number of nitrogens with zero attached hydrogens (tertiary/aromatic N) is 1. The zero-order valence-corrected chi connectivity index (χ0v) is 14.1. The van der Waals surface area contributed by atoms with Crippen LogP contribution in [0.5, 0.6) is 5.75 Å². The Kier molecular flexibility index (Phi) is 5.89. The summed E-state index contributed by atoms with van der Waals surface area (Å²) >= 11 is 0. The van der Waals surface area contributed by atoms with Gasteiger partial charge in [-0.2, -0.15) is 0 Å². The summed E-state index contributed by atoms with van der Waals surface area (Å²) in [6.45, 7) is 4.11. The summed E-state index contributed by atoms with van der Waals surface area (Å²) in [4.78, 5) is 36.1. The van der Waals surface area contributed by atoms with Crippen LogP contribution < -0.4 is 15.6 Å². The molecule has 0 radical (unpaired) electrons. The Bertz CT molecular complexity index is 970. The second kappa shape index (κ2) is 8.10. The molecule has 25 heavy (non-hydrogen) atoms. The summed E-state index contributed by atoms with van der Waals surface area (Å²) in [6, 6.07) is 5.18. The van der Waals surface area contributed by atoms with Gasteiger partial charge < -0.3 is 14.4 Å². The molecule has 1 aromatic carbocycles. The minimum atomic E-state index is -1.21. The molecule has 6 heteroatoms. The largest absolute Gasteiger partial charge is 0.485 e. The van der Waals surface area contributed by atoms with E-state index in [2.05, 4.69) is 0 Å². The number of rotatable bonds is 6. The SMILES string of the molecule is CC=CCOc1cc2c(=O)cc(C(=O)O)n(CC=CC)c2ccc1=O. The molecule has 2 aromatic rings. The lowest BCUT2D eigenvalue weighted by Gasteiger charge is -2.11. The number of ether oxygens (including phenoxy) is 1. The molecule has 0 aliphatic rings. The van der Waals surface area contributed by atoms with Gasteiger partial charge >= 0.3 is 5.97 Å². The van der Waals surface area contributed by atoms with Gasteiger partial charge in [-0.05, 0) is 32.0 Å². The van der Waals surface area contributed by atoms with E-state index in [4.69, 9.17) is 4.74 Å². The van der Waals surface area contributed by atoms with Gasteiger partial charge in [0, 0.05) is 18.0 Å². The standard InChI is InChI=1S/C19H19NO5/c1-3-5-9-20-14-7-8-16(21)18(25-10-6-4-2)11-13(14)17(22)12-15(20)19(23)24/h3-8,11-12H,9-10H2,1-2H3,(H,23,24). The van der Waals surface area contributed by atoms with Gasteiger partial charge in [0.05, 0.1) is 5.52 Å². The van der Waals surface area contributed by atoms with Gasteiger partial charge in [0.25, 0.3) is 0 Å². The van der Waals surface area contributed by atoms with Crippen LogP contribution in [0.4, 0.5) is 0 Å². The maximum Gasteiger partial charge on any atom is 0.352 e. The van der Waals surface area contributed by atoms with Gasteiger partial charge in [-0.25, -0.2) is 4.79 Å². The van der Waals surface area contributed by atoms with E-state index in [0.717, 1.165) is 6.07 Å². The van der Waals surface area contributed by atoms with E-state index in [9.17, 15) is 19.5 Å². The molecule has 130 valence electrons. The molecule has 1 aromatic heterocycles. The van der Waals surface area contributed by atoms with E-state index in [1.165, 1.54) is 22.8 Å². The van der Waals surface area contributed by atoms with Crippen molar-refractivity contribution < 1.29 is 14.6 Å². The van der Waals surface area contributed by atoms with Crippen molar-refractivity contribution in [2.75, 3.05) is 6.61 Å². The van der Waals surface area contributed by atoms with E-state index in [-0.39, 0.29) is 35.4 Å². The molecule has 1 N–H and O–H groups in total. The van der Waals surface area contributed by atoms with Crippen LogP contribution in [0, 0.1) is 0 Å². The number of carboxylic acids is 1. The van der Waals surface area contributed by atoms with Crippen LogP contribution in [0.2, 0.25) is 0 Å². The number of aromatic carboxylic acids is 1. The van der Waals surface area contributed by atoms with Crippen LogP contribution in [0.3, 0.4) is 0 Å². The number of carbonyl (C=O) groups is 1. The minimum absolute atomic E-state index is 0.0471. The molecule has 0 unspecified atom stereocenters. The van der Waals surface area contributed by atoms with Gasteiger partial charge in [0.15, 0.2) is 11.2 Å². The third kappa shape index (κ3) is 4.03. The highest BCUT2D eigenvalue weighted by atomic mass is 16.5. The lowest BCUT2D eigenvalue weighted by Crippen LogP contribution is -2.17. The molecule has 0 atom stereocenters. The first kappa shape index (κ1) is 18.2. The maximum atomic E-state index is 12.4. The number of aromatic nitrogens is 1. The van der Waals surface area contributed by atoms with Gasteiger partial charge in [0.1, 0.15) is 12.3 Å². The molecule has 0 aliphatic carbocycles. The van der Waals surface area contributed by atoms with Crippen LogP contribution in [-0.4, -0.2) is 22.2 Å². The van der Waals surface area contributed by atoms with Crippen molar-refractivity contribution in [3.05, 3.63) is 74.7 Å². The third-order valence-corrected chi connectivity index (χ3v) is 3.62. The lowest BCUT2D eigenvalue weighted by molar-refractivity contribution is 0.0685. The van der Waals surface area contributed by atoms with E-state index in [1.807, 2.05) is 13.8 Å². The summed E-state index contributed by atoms with van der Waals surface area (Å²) in [5.74, 6) is -1.16. The molecule has 0 saturated heterocycles. The molecule has 1 heterocycles. The average Bonchev–Trinajstić information content (AvgIpc) is 2.74. The summed E-state index contributed by atoms with van der Waals surface area (Å²) < 4.78 is 6.90. The summed E-state index contributed by atoms with van der Waals surface area (Å²) in [5.41, 5.74) is -0.628. The number of carboxylic acid groups (broad SMARTS) is 1. The van der Waals surface area contributed by atoms with Crippen molar-refractivity contribution in [1.29, 1.82) is 0 Å². The highest BCUT2D eigenvalue weighted by Gasteiger charge is 2.14. The number of hydrogen-bond donors (Lipinski definition) is 1. The van der Waals surface area contributed by atoms with Crippen LogP contribution in [0.15, 0.2) is 58.2 Å². The molecule has 0 aliphatic heterocycles. The van der Waals surface area contributed by atoms with Crippen molar-refractivity contribution in [3.8, 4) is 5.75 Å². The Morgan fingerprint density at radius 1 is 1.12 bits per heavy atom.